The highest BCUT2D eigenvalue weighted by Gasteiger charge is 2.20. The third-order valence-electron chi connectivity index (χ3n) is 2.38. The molecule has 0 radical (unpaired) electrons. The second-order valence-corrected chi connectivity index (χ2v) is 5.39. The number of esters is 1. The van der Waals surface area contributed by atoms with Crippen LogP contribution in [0.1, 0.15) is 6.92 Å². The minimum Gasteiger partial charge on any atom is -0.480 e. The van der Waals surface area contributed by atoms with Crippen LogP contribution in [0.2, 0.25) is 5.02 Å². The van der Waals surface area contributed by atoms with Crippen molar-refractivity contribution in [1.29, 1.82) is 0 Å². The van der Waals surface area contributed by atoms with Crippen LogP contribution >= 0.6 is 27.5 Å². The second-order valence-electron chi connectivity index (χ2n) is 4.06. The maximum Gasteiger partial charge on any atom is 0.344 e. The Morgan fingerprint density at radius 1 is 1.36 bits per heavy atom. The smallest absolute Gasteiger partial charge is 0.344 e. The summed E-state index contributed by atoms with van der Waals surface area (Å²) in [4.78, 5) is 34.0. The molecule has 0 spiro atoms. The molecular weight excluding hydrogens is 380 g/mol. The number of hydrogen-bond acceptors (Lipinski definition) is 5. The number of imide groups is 1. The summed E-state index contributed by atoms with van der Waals surface area (Å²) in [5, 5.41) is 4.52. The summed E-state index contributed by atoms with van der Waals surface area (Å²) in [5.41, 5.74) is 0. The quantitative estimate of drug-likeness (QED) is 0.745. The van der Waals surface area contributed by atoms with E-state index in [0.717, 1.165) is 4.47 Å². The molecule has 1 atom stereocenters. The highest BCUT2D eigenvalue weighted by atomic mass is 79.9. The Bertz CT molecular complexity index is 582. The lowest BCUT2D eigenvalue weighted by atomic mass is 10.3. The molecule has 0 aliphatic carbocycles. The number of rotatable bonds is 5. The van der Waals surface area contributed by atoms with Crippen LogP contribution < -0.4 is 15.4 Å². The fraction of sp³-hybridized carbons (Fsp3) is 0.308. The van der Waals surface area contributed by atoms with E-state index >= 15 is 0 Å². The van der Waals surface area contributed by atoms with E-state index in [4.69, 9.17) is 21.1 Å². The molecule has 1 aromatic carbocycles. The van der Waals surface area contributed by atoms with Gasteiger partial charge in [-0.05, 0) is 25.1 Å². The van der Waals surface area contributed by atoms with Gasteiger partial charge >= 0.3 is 12.0 Å². The van der Waals surface area contributed by atoms with Crippen molar-refractivity contribution >= 4 is 45.4 Å². The van der Waals surface area contributed by atoms with E-state index in [1.165, 1.54) is 14.0 Å². The molecule has 3 amide bonds. The van der Waals surface area contributed by atoms with E-state index in [0.29, 0.717) is 10.8 Å². The summed E-state index contributed by atoms with van der Waals surface area (Å²) in [6.45, 7) is 0.918. The van der Waals surface area contributed by atoms with Crippen LogP contribution in [0.3, 0.4) is 0 Å². The Balaban J connectivity index is 2.45. The van der Waals surface area contributed by atoms with Gasteiger partial charge in [0, 0.05) is 11.5 Å². The number of hydrogen-bond donors (Lipinski definition) is 2. The molecule has 22 heavy (non-hydrogen) atoms. The molecular formula is C13H14BrClN2O5. The van der Waals surface area contributed by atoms with Crippen molar-refractivity contribution in [2.45, 2.75) is 13.0 Å². The zero-order chi connectivity index (χ0) is 16.7. The monoisotopic (exact) mass is 392 g/mol. The highest BCUT2D eigenvalue weighted by molar-refractivity contribution is 9.10. The van der Waals surface area contributed by atoms with E-state index < -0.39 is 30.6 Å². The lowest BCUT2D eigenvalue weighted by Gasteiger charge is -2.13. The van der Waals surface area contributed by atoms with Gasteiger partial charge in [0.1, 0.15) is 5.75 Å². The first-order chi connectivity index (χ1) is 10.3. The summed E-state index contributed by atoms with van der Waals surface area (Å²) in [5.74, 6) is -1.20. The van der Waals surface area contributed by atoms with Crippen LogP contribution in [-0.4, -0.2) is 37.7 Å². The Morgan fingerprint density at radius 2 is 2.05 bits per heavy atom. The van der Waals surface area contributed by atoms with Gasteiger partial charge in [-0.1, -0.05) is 27.5 Å². The number of carbonyl (C=O) groups excluding carboxylic acids is 3. The average molecular weight is 394 g/mol. The van der Waals surface area contributed by atoms with Gasteiger partial charge in [-0.2, -0.15) is 0 Å². The van der Waals surface area contributed by atoms with Crippen molar-refractivity contribution in [3.05, 3.63) is 27.7 Å². The first kappa shape index (κ1) is 18.2. The van der Waals surface area contributed by atoms with E-state index in [1.807, 2.05) is 5.32 Å². The normalized spacial score (nSPS) is 11.3. The van der Waals surface area contributed by atoms with Crippen LogP contribution in [0.5, 0.6) is 5.75 Å². The minimum absolute atomic E-state index is 0.310. The standard InChI is InChI=1S/C13H14BrClN2O5/c1-7(12(19)17-13(20)16-2)22-11(18)6-21-10-4-3-8(14)5-9(10)15/h3-5,7H,6H2,1-2H3,(H2,16,17,19,20)/t7-/m1/s1. The Labute approximate surface area is 140 Å². The van der Waals surface area contributed by atoms with Crippen molar-refractivity contribution in [2.75, 3.05) is 13.7 Å². The number of carbonyl (C=O) groups is 3. The lowest BCUT2D eigenvalue weighted by Crippen LogP contribution is -2.43. The van der Waals surface area contributed by atoms with Gasteiger partial charge in [-0.15, -0.1) is 0 Å². The largest absolute Gasteiger partial charge is 0.480 e. The van der Waals surface area contributed by atoms with Crippen molar-refractivity contribution in [1.82, 2.24) is 10.6 Å². The predicted octanol–water partition coefficient (Wildman–Crippen LogP) is 1.87. The fourth-order valence-electron chi connectivity index (χ4n) is 1.29. The predicted molar refractivity (Wildman–Crippen MR) is 82.8 cm³/mol. The van der Waals surface area contributed by atoms with Crippen molar-refractivity contribution in [2.24, 2.45) is 0 Å². The lowest BCUT2D eigenvalue weighted by molar-refractivity contribution is -0.156. The van der Waals surface area contributed by atoms with Gasteiger partial charge in [0.05, 0.1) is 5.02 Å². The topological polar surface area (TPSA) is 93.7 Å². The molecule has 0 bridgehead atoms. The molecule has 0 saturated heterocycles. The summed E-state index contributed by atoms with van der Waals surface area (Å²) in [6.07, 6.45) is -1.13. The van der Waals surface area contributed by atoms with Gasteiger partial charge in [-0.25, -0.2) is 9.59 Å². The SMILES string of the molecule is CNC(=O)NC(=O)[C@@H](C)OC(=O)COc1ccc(Br)cc1Cl. The van der Waals surface area contributed by atoms with Gasteiger partial charge < -0.3 is 14.8 Å². The van der Waals surface area contributed by atoms with Crippen LogP contribution in [0.4, 0.5) is 4.79 Å². The first-order valence-corrected chi connectivity index (χ1v) is 7.30. The molecule has 120 valence electrons. The van der Waals surface area contributed by atoms with Gasteiger partial charge in [-0.3, -0.25) is 10.1 Å². The average Bonchev–Trinajstić information content (AvgIpc) is 2.45. The van der Waals surface area contributed by atoms with Crippen LogP contribution in [0.25, 0.3) is 0 Å². The zero-order valence-corrected chi connectivity index (χ0v) is 14.2. The molecule has 0 saturated carbocycles. The molecule has 9 heteroatoms. The third kappa shape index (κ3) is 5.90. The molecule has 1 rings (SSSR count). The fourth-order valence-corrected chi connectivity index (χ4v) is 2.02. The molecule has 0 aliphatic rings. The molecule has 1 aromatic rings. The maximum absolute atomic E-state index is 11.6. The van der Waals surface area contributed by atoms with Crippen LogP contribution in [0.15, 0.2) is 22.7 Å². The van der Waals surface area contributed by atoms with E-state index in [2.05, 4.69) is 21.2 Å². The van der Waals surface area contributed by atoms with Gasteiger partial charge in [0.15, 0.2) is 12.7 Å². The van der Waals surface area contributed by atoms with E-state index in [9.17, 15) is 14.4 Å². The number of amides is 3. The number of benzene rings is 1. The minimum atomic E-state index is -1.13. The molecule has 0 aliphatic heterocycles. The van der Waals surface area contributed by atoms with Crippen molar-refractivity contribution in [3.63, 3.8) is 0 Å². The van der Waals surface area contributed by atoms with Crippen molar-refractivity contribution < 1.29 is 23.9 Å². The van der Waals surface area contributed by atoms with Crippen molar-refractivity contribution in [3.8, 4) is 5.75 Å². The zero-order valence-electron chi connectivity index (χ0n) is 11.8. The summed E-state index contributed by atoms with van der Waals surface area (Å²) in [7, 11) is 1.36. The van der Waals surface area contributed by atoms with Gasteiger partial charge in [0.2, 0.25) is 0 Å². The second kappa shape index (κ2) is 8.60. The molecule has 7 nitrogen and oxygen atoms in total. The Kier molecular flexibility index (Phi) is 7.13. The highest BCUT2D eigenvalue weighted by Crippen LogP contribution is 2.27. The summed E-state index contributed by atoms with van der Waals surface area (Å²) < 4.78 is 10.8. The maximum atomic E-state index is 11.6. The molecule has 0 fully saturated rings. The number of nitrogens with one attached hydrogen (secondary N) is 2. The van der Waals surface area contributed by atoms with E-state index in [1.54, 1.807) is 18.2 Å². The number of urea groups is 1. The third-order valence-corrected chi connectivity index (χ3v) is 3.17. The van der Waals surface area contributed by atoms with Crippen LogP contribution in [0, 0.1) is 0 Å². The number of ether oxygens (including phenoxy) is 2. The molecule has 0 aromatic heterocycles. The molecule has 0 unspecified atom stereocenters. The summed E-state index contributed by atoms with van der Waals surface area (Å²) in [6, 6.07) is 4.21. The Morgan fingerprint density at radius 3 is 2.64 bits per heavy atom. The Hall–Kier alpha value is -1.80. The van der Waals surface area contributed by atoms with Gasteiger partial charge in [0.25, 0.3) is 5.91 Å². The van der Waals surface area contributed by atoms with Crippen LogP contribution in [-0.2, 0) is 14.3 Å². The number of halogens is 2. The molecule has 2 N–H and O–H groups in total. The van der Waals surface area contributed by atoms with E-state index in [-0.39, 0.29) is 0 Å². The summed E-state index contributed by atoms with van der Waals surface area (Å²) >= 11 is 9.17. The molecule has 0 heterocycles. The first-order valence-electron chi connectivity index (χ1n) is 6.13.